The molecule has 0 aromatic heterocycles. The Morgan fingerprint density at radius 1 is 1.20 bits per heavy atom. The molecule has 3 rings (SSSR count). The Balaban J connectivity index is 1.79. The highest BCUT2D eigenvalue weighted by Crippen LogP contribution is 2.48. The van der Waals surface area contributed by atoms with Crippen molar-refractivity contribution in [3.05, 3.63) is 35.4 Å². The molecule has 0 amide bonds. The van der Waals surface area contributed by atoms with Crippen molar-refractivity contribution >= 4 is 0 Å². The van der Waals surface area contributed by atoms with Crippen LogP contribution in [0.3, 0.4) is 0 Å². The molecule has 1 nitrogen and oxygen atoms in total. The summed E-state index contributed by atoms with van der Waals surface area (Å²) < 4.78 is 0. The molecule has 20 heavy (non-hydrogen) atoms. The second-order valence-corrected chi connectivity index (χ2v) is 7.65. The molecule has 1 aromatic rings. The number of hydrogen-bond acceptors (Lipinski definition) is 1. The molecule has 2 N–H and O–H groups in total. The van der Waals surface area contributed by atoms with Gasteiger partial charge in [0.2, 0.25) is 0 Å². The summed E-state index contributed by atoms with van der Waals surface area (Å²) in [5.41, 5.74) is 9.62. The Bertz CT molecular complexity index is 461. The zero-order valence-electron chi connectivity index (χ0n) is 13.1. The van der Waals surface area contributed by atoms with Crippen molar-refractivity contribution < 1.29 is 0 Å². The zero-order chi connectivity index (χ0) is 14.2. The van der Waals surface area contributed by atoms with Crippen LogP contribution in [0.25, 0.3) is 0 Å². The van der Waals surface area contributed by atoms with Crippen LogP contribution in [-0.4, -0.2) is 0 Å². The van der Waals surface area contributed by atoms with Crippen LogP contribution < -0.4 is 5.73 Å². The van der Waals surface area contributed by atoms with Crippen LogP contribution in [0.1, 0.15) is 63.5 Å². The monoisotopic (exact) mass is 271 g/mol. The van der Waals surface area contributed by atoms with Crippen LogP contribution in [0.5, 0.6) is 0 Å². The Morgan fingerprint density at radius 3 is 2.70 bits per heavy atom. The average molecular weight is 271 g/mol. The molecule has 2 saturated carbocycles. The van der Waals surface area contributed by atoms with Gasteiger partial charge in [-0.2, -0.15) is 0 Å². The number of benzene rings is 1. The molecule has 0 spiro atoms. The third kappa shape index (κ3) is 3.09. The topological polar surface area (TPSA) is 26.0 Å². The third-order valence-corrected chi connectivity index (χ3v) is 5.26. The predicted octanol–water partition coefficient (Wildman–Crippen LogP) is 4.64. The first-order valence-corrected chi connectivity index (χ1v) is 8.45. The first-order valence-electron chi connectivity index (χ1n) is 8.45. The summed E-state index contributed by atoms with van der Waals surface area (Å²) in [6.45, 7) is 4.57. The molecule has 0 aliphatic heterocycles. The lowest BCUT2D eigenvalue weighted by molar-refractivity contribution is 0.206. The van der Waals surface area contributed by atoms with Gasteiger partial charge < -0.3 is 5.73 Å². The molecule has 0 radical (unpaired) electrons. The number of rotatable bonds is 4. The largest absolute Gasteiger partial charge is 0.321 e. The minimum absolute atomic E-state index is 0.0570. The van der Waals surface area contributed by atoms with Crippen molar-refractivity contribution in [2.45, 2.75) is 64.3 Å². The van der Waals surface area contributed by atoms with Gasteiger partial charge in [-0.1, -0.05) is 51.0 Å². The van der Waals surface area contributed by atoms with Crippen molar-refractivity contribution in [3.63, 3.8) is 0 Å². The fourth-order valence-electron chi connectivity index (χ4n) is 4.06. The number of hydrogen-bond donors (Lipinski definition) is 1. The molecule has 2 unspecified atom stereocenters. The van der Waals surface area contributed by atoms with E-state index in [-0.39, 0.29) is 5.54 Å². The maximum absolute atomic E-state index is 6.84. The van der Waals surface area contributed by atoms with E-state index in [4.69, 9.17) is 5.73 Å². The lowest BCUT2D eigenvalue weighted by Gasteiger charge is -2.39. The molecular weight excluding hydrogens is 242 g/mol. The van der Waals surface area contributed by atoms with Crippen LogP contribution in [0.15, 0.2) is 24.3 Å². The van der Waals surface area contributed by atoms with Gasteiger partial charge >= 0.3 is 0 Å². The highest BCUT2D eigenvalue weighted by Gasteiger charge is 2.40. The van der Waals surface area contributed by atoms with E-state index in [9.17, 15) is 0 Å². The molecule has 1 aromatic carbocycles. The maximum atomic E-state index is 6.84. The minimum atomic E-state index is -0.0570. The van der Waals surface area contributed by atoms with Gasteiger partial charge in [0, 0.05) is 5.54 Å². The van der Waals surface area contributed by atoms with Gasteiger partial charge in [-0.15, -0.1) is 0 Å². The van der Waals surface area contributed by atoms with E-state index in [2.05, 4.69) is 38.1 Å². The van der Waals surface area contributed by atoms with Crippen LogP contribution in [0, 0.1) is 17.8 Å². The Labute approximate surface area is 124 Å². The highest BCUT2D eigenvalue weighted by atomic mass is 14.8. The average Bonchev–Trinajstić information content (AvgIpc) is 3.22. The molecule has 110 valence electrons. The third-order valence-electron chi connectivity index (χ3n) is 5.26. The smallest absolute Gasteiger partial charge is 0.0412 e. The molecule has 0 heterocycles. The summed E-state index contributed by atoms with van der Waals surface area (Å²) >= 11 is 0. The molecule has 2 aliphatic carbocycles. The van der Waals surface area contributed by atoms with Crippen molar-refractivity contribution in [1.82, 2.24) is 0 Å². The van der Waals surface area contributed by atoms with Gasteiger partial charge in [0.15, 0.2) is 0 Å². The standard InChI is InChI=1S/C19H29N/c1-14(2)11-15-5-3-7-18(12-15)19(20)10-4-6-17(13-19)16-8-9-16/h3,5,7,12,14,16-17H,4,6,8-11,13,20H2,1-2H3. The van der Waals surface area contributed by atoms with E-state index in [1.807, 2.05) is 0 Å². The fraction of sp³-hybridized carbons (Fsp3) is 0.684. The first kappa shape index (κ1) is 14.1. The van der Waals surface area contributed by atoms with E-state index >= 15 is 0 Å². The van der Waals surface area contributed by atoms with Crippen LogP contribution in [0.2, 0.25) is 0 Å². The van der Waals surface area contributed by atoms with Crippen molar-refractivity contribution in [1.29, 1.82) is 0 Å². The summed E-state index contributed by atoms with van der Waals surface area (Å²) in [6.07, 6.45) is 9.17. The highest BCUT2D eigenvalue weighted by molar-refractivity contribution is 5.30. The Morgan fingerprint density at radius 2 is 2.00 bits per heavy atom. The predicted molar refractivity (Wildman–Crippen MR) is 85.5 cm³/mol. The Kier molecular flexibility index (Phi) is 3.90. The lowest BCUT2D eigenvalue weighted by atomic mass is 9.71. The molecule has 2 fully saturated rings. The van der Waals surface area contributed by atoms with Crippen LogP contribution in [-0.2, 0) is 12.0 Å². The molecule has 2 aliphatic rings. The normalized spacial score (nSPS) is 30.7. The summed E-state index contributed by atoms with van der Waals surface area (Å²) in [4.78, 5) is 0. The van der Waals surface area contributed by atoms with Crippen molar-refractivity contribution in [3.8, 4) is 0 Å². The molecule has 1 heteroatoms. The first-order chi connectivity index (χ1) is 9.57. The lowest BCUT2D eigenvalue weighted by Crippen LogP contribution is -2.42. The molecule has 2 atom stereocenters. The Hall–Kier alpha value is -0.820. The van der Waals surface area contributed by atoms with E-state index in [1.165, 1.54) is 49.7 Å². The summed E-state index contributed by atoms with van der Waals surface area (Å²) in [6, 6.07) is 9.12. The van der Waals surface area contributed by atoms with Crippen LogP contribution in [0.4, 0.5) is 0 Å². The molecule has 0 bridgehead atoms. The van der Waals surface area contributed by atoms with Gasteiger partial charge in [-0.25, -0.2) is 0 Å². The van der Waals surface area contributed by atoms with Gasteiger partial charge in [-0.05, 0) is 61.0 Å². The van der Waals surface area contributed by atoms with Crippen LogP contribution >= 0.6 is 0 Å². The van der Waals surface area contributed by atoms with E-state index in [0.29, 0.717) is 5.92 Å². The molecular formula is C19H29N. The van der Waals surface area contributed by atoms with Gasteiger partial charge in [0.1, 0.15) is 0 Å². The van der Waals surface area contributed by atoms with Gasteiger partial charge in [-0.3, -0.25) is 0 Å². The van der Waals surface area contributed by atoms with E-state index < -0.39 is 0 Å². The van der Waals surface area contributed by atoms with Gasteiger partial charge in [0.05, 0.1) is 0 Å². The number of nitrogens with two attached hydrogens (primary N) is 1. The second kappa shape index (κ2) is 5.52. The minimum Gasteiger partial charge on any atom is -0.321 e. The second-order valence-electron chi connectivity index (χ2n) is 7.65. The van der Waals surface area contributed by atoms with E-state index in [0.717, 1.165) is 18.3 Å². The zero-order valence-corrected chi connectivity index (χ0v) is 13.1. The molecule has 0 saturated heterocycles. The summed E-state index contributed by atoms with van der Waals surface area (Å²) in [5.74, 6) is 2.60. The summed E-state index contributed by atoms with van der Waals surface area (Å²) in [7, 11) is 0. The van der Waals surface area contributed by atoms with E-state index in [1.54, 1.807) is 0 Å². The van der Waals surface area contributed by atoms with Crippen molar-refractivity contribution in [2.24, 2.45) is 23.5 Å². The maximum Gasteiger partial charge on any atom is 0.0412 e. The van der Waals surface area contributed by atoms with Gasteiger partial charge in [0.25, 0.3) is 0 Å². The quantitative estimate of drug-likeness (QED) is 0.848. The fourth-order valence-corrected chi connectivity index (χ4v) is 4.06. The van der Waals surface area contributed by atoms with Crippen molar-refractivity contribution in [2.75, 3.05) is 0 Å². The SMILES string of the molecule is CC(C)Cc1cccc(C2(N)CCCC(C3CC3)C2)c1. The summed E-state index contributed by atoms with van der Waals surface area (Å²) in [5, 5.41) is 0.